The van der Waals surface area contributed by atoms with E-state index >= 15 is 0 Å². The molecule has 2 fully saturated rings. The van der Waals surface area contributed by atoms with Crippen molar-refractivity contribution in [1.29, 1.82) is 0 Å². The molecule has 1 atom stereocenters. The minimum absolute atomic E-state index is 0.0345. The lowest BCUT2D eigenvalue weighted by atomic mass is 10.0. The van der Waals surface area contributed by atoms with E-state index in [0.717, 1.165) is 47.5 Å². The van der Waals surface area contributed by atoms with Gasteiger partial charge < -0.3 is 20.7 Å². The maximum Gasteiger partial charge on any atom is 0.324 e. The quantitative estimate of drug-likeness (QED) is 0.319. The number of hydroxylamine groups is 1. The van der Waals surface area contributed by atoms with Gasteiger partial charge >= 0.3 is 6.01 Å². The largest absolute Gasteiger partial charge is 0.421 e. The number of fused-ring (bicyclic) bond motifs is 3. The van der Waals surface area contributed by atoms with Gasteiger partial charge in [-0.25, -0.2) is 19.8 Å². The fourth-order valence-electron chi connectivity index (χ4n) is 5.32. The molecule has 2 aliphatic carbocycles. The van der Waals surface area contributed by atoms with Gasteiger partial charge in [0.15, 0.2) is 5.75 Å². The third-order valence-corrected chi connectivity index (χ3v) is 7.37. The fraction of sp³-hybridized carbons (Fsp3) is 0.400. The predicted octanol–water partition coefficient (Wildman–Crippen LogP) is 1.96. The number of anilines is 2. The molecule has 3 heterocycles. The van der Waals surface area contributed by atoms with Crippen molar-refractivity contribution in [1.82, 2.24) is 25.4 Å². The number of nitrogens with zero attached hydrogens (tertiary/aromatic N) is 5. The maximum absolute atomic E-state index is 14.5. The number of nitrogens with two attached hydrogens (primary N) is 1. The van der Waals surface area contributed by atoms with Crippen LogP contribution in [0.2, 0.25) is 0 Å². The van der Waals surface area contributed by atoms with Crippen molar-refractivity contribution in [3.05, 3.63) is 47.4 Å². The first kappa shape index (κ1) is 23.5. The molecule has 1 spiro atoms. The van der Waals surface area contributed by atoms with Crippen LogP contribution in [0.25, 0.3) is 11.1 Å². The van der Waals surface area contributed by atoms with Crippen LogP contribution in [0.5, 0.6) is 11.8 Å². The smallest absolute Gasteiger partial charge is 0.324 e. The lowest BCUT2D eigenvalue weighted by Crippen LogP contribution is -2.30. The van der Waals surface area contributed by atoms with Gasteiger partial charge in [-0.05, 0) is 36.1 Å². The maximum atomic E-state index is 14.5. The molecule has 0 radical (unpaired) electrons. The molecule has 1 aliphatic heterocycles. The Morgan fingerprint density at radius 1 is 1.27 bits per heavy atom. The van der Waals surface area contributed by atoms with E-state index in [1.54, 1.807) is 13.1 Å². The number of rotatable bonds is 7. The predicted molar refractivity (Wildman–Crippen MR) is 133 cm³/mol. The van der Waals surface area contributed by atoms with Crippen LogP contribution in [0.3, 0.4) is 0 Å². The summed E-state index contributed by atoms with van der Waals surface area (Å²) in [5.74, 6) is 0.651. The Bertz CT molecular complexity index is 1380. The van der Waals surface area contributed by atoms with Crippen molar-refractivity contribution in [2.45, 2.75) is 31.7 Å². The molecule has 1 aromatic carbocycles. The number of nitrogens with one attached hydrogen (secondary N) is 2. The zero-order chi connectivity index (χ0) is 25.7. The Kier molecular flexibility index (Phi) is 5.64. The van der Waals surface area contributed by atoms with Crippen LogP contribution in [-0.2, 0) is 22.5 Å². The molecular weight excluding hydrogens is 479 g/mol. The van der Waals surface area contributed by atoms with E-state index in [1.807, 2.05) is 0 Å². The van der Waals surface area contributed by atoms with E-state index in [2.05, 4.69) is 35.5 Å². The Labute approximate surface area is 212 Å². The molecule has 4 N–H and O–H groups in total. The highest BCUT2D eigenvalue weighted by Crippen LogP contribution is 2.54. The van der Waals surface area contributed by atoms with Crippen molar-refractivity contribution in [2.75, 3.05) is 37.5 Å². The van der Waals surface area contributed by atoms with E-state index < -0.39 is 0 Å². The third-order valence-electron chi connectivity index (χ3n) is 7.37. The zero-order valence-electron chi connectivity index (χ0n) is 20.5. The van der Waals surface area contributed by atoms with Crippen LogP contribution < -0.4 is 26.2 Å². The van der Waals surface area contributed by atoms with Crippen LogP contribution >= 0.6 is 0 Å². The van der Waals surface area contributed by atoms with Gasteiger partial charge in [-0.3, -0.25) is 9.63 Å². The molecule has 1 amide bonds. The molecule has 3 aliphatic rings. The molecule has 1 saturated heterocycles. The van der Waals surface area contributed by atoms with E-state index in [0.29, 0.717) is 30.4 Å². The number of aromatic nitrogens is 4. The van der Waals surface area contributed by atoms with Gasteiger partial charge in [0.1, 0.15) is 17.5 Å². The van der Waals surface area contributed by atoms with Crippen molar-refractivity contribution < 1.29 is 18.8 Å². The minimum atomic E-state index is -0.364. The zero-order valence-corrected chi connectivity index (χ0v) is 20.5. The lowest BCUT2D eigenvalue weighted by Gasteiger charge is -2.21. The van der Waals surface area contributed by atoms with Gasteiger partial charge in [-0.2, -0.15) is 9.97 Å². The summed E-state index contributed by atoms with van der Waals surface area (Å²) in [7, 11) is 3.13. The number of carbonyl (C=O) groups is 1. The van der Waals surface area contributed by atoms with E-state index in [-0.39, 0.29) is 35.6 Å². The fourth-order valence-corrected chi connectivity index (χ4v) is 5.32. The summed E-state index contributed by atoms with van der Waals surface area (Å²) in [4.78, 5) is 36.3. The average Bonchev–Trinajstić information content (AvgIpc) is 3.46. The third kappa shape index (κ3) is 4.21. The molecule has 0 unspecified atom stereocenters. The Hall–Kier alpha value is -3.90. The first-order chi connectivity index (χ1) is 17.9. The second-order valence-electron chi connectivity index (χ2n) is 9.75. The second-order valence-corrected chi connectivity index (χ2v) is 9.75. The van der Waals surface area contributed by atoms with E-state index in [1.165, 1.54) is 25.6 Å². The molecular formula is C25H27FN8O3. The highest BCUT2D eigenvalue weighted by molar-refractivity contribution is 5.88. The first-order valence-electron chi connectivity index (χ1n) is 12.1. The first-order valence-corrected chi connectivity index (χ1v) is 12.1. The lowest BCUT2D eigenvalue weighted by molar-refractivity contribution is -0.130. The summed E-state index contributed by atoms with van der Waals surface area (Å²) in [6.45, 7) is 1.45. The standard InChI is InChI=1S/C25H27FN8O3/c1-28-17-6-13(26)5-16-15(17)7-18-22(16)23(34-11-19(27)25(12-34)3-4-25)32-24(31-18)37-14-9-29-20(30-10-14)8-21(35)33-36-2/h5-6,9-10,19,28H,3-4,7-8,11-12,27H2,1-2H3,(H,33,35)/t19-/m0/s1. The SMILES string of the molecule is CNc1cc(F)cc2c1Cc1nc(Oc3cnc(CC(=O)NOC)nc3)nc(N3C[C@H](N)C4(CC4)C3)c1-2. The van der Waals surface area contributed by atoms with Crippen molar-refractivity contribution in [3.8, 4) is 22.9 Å². The van der Waals surface area contributed by atoms with Crippen molar-refractivity contribution in [2.24, 2.45) is 11.1 Å². The van der Waals surface area contributed by atoms with Crippen LogP contribution in [0.4, 0.5) is 15.9 Å². The number of hydrogen-bond donors (Lipinski definition) is 3. The number of benzene rings is 1. The summed E-state index contributed by atoms with van der Waals surface area (Å²) in [5, 5.41) is 3.10. The minimum Gasteiger partial charge on any atom is -0.421 e. The van der Waals surface area contributed by atoms with E-state index in [9.17, 15) is 9.18 Å². The Morgan fingerprint density at radius 3 is 2.73 bits per heavy atom. The normalized spacial score (nSPS) is 18.5. The molecule has 3 aromatic rings. The number of hydrogen-bond acceptors (Lipinski definition) is 10. The van der Waals surface area contributed by atoms with Crippen molar-refractivity contribution in [3.63, 3.8) is 0 Å². The van der Waals surface area contributed by atoms with Crippen LogP contribution in [0, 0.1) is 11.2 Å². The highest BCUT2D eigenvalue weighted by Gasteiger charge is 2.54. The van der Waals surface area contributed by atoms with Crippen LogP contribution in [0.15, 0.2) is 24.5 Å². The molecule has 1 saturated carbocycles. The Balaban J connectivity index is 1.35. The summed E-state index contributed by atoms with van der Waals surface area (Å²) in [6, 6.07) is 3.24. The number of halogens is 1. The van der Waals surface area contributed by atoms with Gasteiger partial charge in [-0.15, -0.1) is 0 Å². The summed E-state index contributed by atoms with van der Waals surface area (Å²) < 4.78 is 20.5. The molecule has 6 rings (SSSR count). The Morgan fingerprint density at radius 2 is 2.05 bits per heavy atom. The number of ether oxygens (including phenoxy) is 1. The number of amides is 1. The molecule has 11 nitrogen and oxygen atoms in total. The van der Waals surface area contributed by atoms with Crippen molar-refractivity contribution >= 4 is 17.4 Å². The highest BCUT2D eigenvalue weighted by atomic mass is 19.1. The second kappa shape index (κ2) is 8.89. The molecule has 37 heavy (non-hydrogen) atoms. The van der Waals surface area contributed by atoms with Gasteiger partial charge in [-0.1, -0.05) is 0 Å². The number of carbonyl (C=O) groups excluding carboxylic acids is 1. The monoisotopic (exact) mass is 506 g/mol. The van der Waals surface area contributed by atoms with E-state index in [4.69, 9.17) is 15.5 Å². The molecule has 12 heteroatoms. The average molecular weight is 507 g/mol. The summed E-state index contributed by atoms with van der Waals surface area (Å²) in [6.07, 6.45) is 5.61. The van der Waals surface area contributed by atoms with Crippen LogP contribution in [-0.4, -0.2) is 59.1 Å². The van der Waals surface area contributed by atoms with Crippen LogP contribution in [0.1, 0.15) is 29.9 Å². The van der Waals surface area contributed by atoms with Gasteiger partial charge in [0.2, 0.25) is 0 Å². The topological polar surface area (TPSA) is 140 Å². The summed E-state index contributed by atoms with van der Waals surface area (Å²) >= 11 is 0. The summed E-state index contributed by atoms with van der Waals surface area (Å²) in [5.41, 5.74) is 12.9. The van der Waals surface area contributed by atoms with Gasteiger partial charge in [0.25, 0.3) is 5.91 Å². The molecule has 2 aromatic heterocycles. The molecule has 0 bridgehead atoms. The molecule has 192 valence electrons. The van der Waals surface area contributed by atoms with Gasteiger partial charge in [0.05, 0.1) is 31.6 Å². The van der Waals surface area contributed by atoms with Gasteiger partial charge in [0, 0.05) is 49.3 Å².